The number of fused-ring (bicyclic) bond motifs is 7. The standard InChI is InChI=1S/C27H42O3/c1-16-7-12-27(29-15-16)17(2)24-23(30-27)14-22-20-6-5-18-13-19(28)8-10-25(18,3)21(20)9-11-26(22,24)4/h15,17-24,28H,5-14H2,1-4H3/t17-,18?,19?,20-,21+,22+,23+,24+,25+,26+,27-/m1/s1. The molecule has 168 valence electrons. The summed E-state index contributed by atoms with van der Waals surface area (Å²) in [5.41, 5.74) is 2.22. The minimum atomic E-state index is -0.358. The van der Waals surface area contributed by atoms with Gasteiger partial charge in [0.25, 0.3) is 0 Å². The molecule has 3 nitrogen and oxygen atoms in total. The fraction of sp³-hybridized carbons (Fsp3) is 0.926. The molecule has 3 heteroatoms. The maximum absolute atomic E-state index is 10.3. The minimum absolute atomic E-state index is 0.0436. The Balaban J connectivity index is 1.27. The van der Waals surface area contributed by atoms with Gasteiger partial charge in [0.1, 0.15) is 0 Å². The van der Waals surface area contributed by atoms with Gasteiger partial charge in [-0.3, -0.25) is 0 Å². The Bertz CT molecular complexity index is 746. The molecule has 11 atom stereocenters. The molecule has 2 aliphatic heterocycles. The molecule has 0 aromatic heterocycles. The molecule has 0 bridgehead atoms. The van der Waals surface area contributed by atoms with Gasteiger partial charge in [-0.2, -0.15) is 0 Å². The summed E-state index contributed by atoms with van der Waals surface area (Å²) in [5.74, 6) is 4.06. The van der Waals surface area contributed by atoms with E-state index in [1.165, 1.54) is 44.1 Å². The van der Waals surface area contributed by atoms with E-state index in [0.29, 0.717) is 28.8 Å². The molecular weight excluding hydrogens is 372 g/mol. The van der Waals surface area contributed by atoms with Crippen molar-refractivity contribution in [2.75, 3.05) is 0 Å². The third kappa shape index (κ3) is 2.51. The third-order valence-corrected chi connectivity index (χ3v) is 11.6. The average Bonchev–Trinajstić information content (AvgIpc) is 3.16. The van der Waals surface area contributed by atoms with E-state index in [0.717, 1.165) is 49.4 Å². The first kappa shape index (κ1) is 20.1. The summed E-state index contributed by atoms with van der Waals surface area (Å²) in [6, 6.07) is 0. The van der Waals surface area contributed by atoms with Crippen LogP contribution >= 0.6 is 0 Å². The van der Waals surface area contributed by atoms with E-state index in [4.69, 9.17) is 9.47 Å². The molecule has 4 aliphatic carbocycles. The second-order valence-corrected chi connectivity index (χ2v) is 12.7. The molecule has 2 unspecified atom stereocenters. The van der Waals surface area contributed by atoms with Crippen molar-refractivity contribution in [1.29, 1.82) is 0 Å². The van der Waals surface area contributed by atoms with E-state index in [1.807, 2.05) is 6.26 Å². The molecule has 5 fully saturated rings. The Kier molecular flexibility index (Phi) is 4.35. The van der Waals surface area contributed by atoms with Crippen LogP contribution in [0.5, 0.6) is 0 Å². The van der Waals surface area contributed by atoms with Crippen LogP contribution in [0.3, 0.4) is 0 Å². The Morgan fingerprint density at radius 3 is 2.53 bits per heavy atom. The van der Waals surface area contributed by atoms with Gasteiger partial charge in [-0.15, -0.1) is 0 Å². The fourth-order valence-corrected chi connectivity index (χ4v) is 10.0. The lowest BCUT2D eigenvalue weighted by molar-refractivity contribution is -0.229. The minimum Gasteiger partial charge on any atom is -0.470 e. The van der Waals surface area contributed by atoms with Crippen molar-refractivity contribution in [3.05, 3.63) is 11.8 Å². The first-order valence-corrected chi connectivity index (χ1v) is 13.0. The van der Waals surface area contributed by atoms with Crippen LogP contribution in [0.2, 0.25) is 0 Å². The Labute approximate surface area is 183 Å². The lowest BCUT2D eigenvalue weighted by atomic mass is 9.44. The summed E-state index contributed by atoms with van der Waals surface area (Å²) >= 11 is 0. The van der Waals surface area contributed by atoms with Crippen molar-refractivity contribution >= 4 is 0 Å². The lowest BCUT2D eigenvalue weighted by Gasteiger charge is -2.61. The van der Waals surface area contributed by atoms with E-state index < -0.39 is 0 Å². The summed E-state index contributed by atoms with van der Waals surface area (Å²) in [7, 11) is 0. The van der Waals surface area contributed by atoms with E-state index in [1.54, 1.807) is 0 Å². The van der Waals surface area contributed by atoms with Gasteiger partial charge in [-0.25, -0.2) is 0 Å². The van der Waals surface area contributed by atoms with Crippen LogP contribution < -0.4 is 0 Å². The number of aliphatic hydroxyl groups excluding tert-OH is 1. The number of rotatable bonds is 0. The molecule has 1 saturated heterocycles. The van der Waals surface area contributed by atoms with Crippen LogP contribution in [-0.2, 0) is 9.47 Å². The van der Waals surface area contributed by atoms with E-state index in [9.17, 15) is 5.11 Å². The smallest absolute Gasteiger partial charge is 0.213 e. The van der Waals surface area contributed by atoms with Crippen molar-refractivity contribution in [2.45, 2.75) is 110 Å². The second-order valence-electron chi connectivity index (χ2n) is 12.7. The highest BCUT2D eigenvalue weighted by Gasteiger charge is 2.69. The normalized spacial score (nSPS) is 59.6. The second kappa shape index (κ2) is 6.50. The molecule has 4 saturated carbocycles. The van der Waals surface area contributed by atoms with Crippen molar-refractivity contribution in [1.82, 2.24) is 0 Å². The van der Waals surface area contributed by atoms with Crippen LogP contribution in [-0.4, -0.2) is 23.1 Å². The number of aliphatic hydroxyl groups is 1. The fourth-order valence-electron chi connectivity index (χ4n) is 10.0. The summed E-state index contributed by atoms with van der Waals surface area (Å²) in [6.45, 7) is 9.82. The maximum Gasteiger partial charge on any atom is 0.213 e. The molecular formula is C27H42O3. The molecule has 6 aliphatic rings. The lowest BCUT2D eigenvalue weighted by Crippen LogP contribution is -2.54. The predicted octanol–water partition coefficient (Wildman–Crippen LogP) is 6.06. The van der Waals surface area contributed by atoms with Gasteiger partial charge in [0, 0.05) is 12.3 Å². The molecule has 1 spiro atoms. The largest absolute Gasteiger partial charge is 0.470 e. The third-order valence-electron chi connectivity index (χ3n) is 11.6. The van der Waals surface area contributed by atoms with Gasteiger partial charge in [0.05, 0.1) is 18.5 Å². The Morgan fingerprint density at radius 1 is 0.967 bits per heavy atom. The zero-order chi connectivity index (χ0) is 20.9. The van der Waals surface area contributed by atoms with Crippen molar-refractivity contribution in [2.24, 2.45) is 46.3 Å². The molecule has 2 heterocycles. The Hall–Kier alpha value is -0.540. The van der Waals surface area contributed by atoms with Crippen LogP contribution in [0.15, 0.2) is 11.8 Å². The topological polar surface area (TPSA) is 38.7 Å². The highest BCUT2D eigenvalue weighted by molar-refractivity contribution is 5.16. The van der Waals surface area contributed by atoms with Crippen LogP contribution in [0, 0.1) is 46.3 Å². The zero-order valence-electron chi connectivity index (χ0n) is 19.5. The SMILES string of the molecule is CC1=CO[C@]2(CC1)O[C@H]1C[C@H]3[C@@H]4CCC5CC(O)CC[C@]5(C)[C@H]4CC[C@]3(C)[C@H]1[C@H]2C. The highest BCUT2D eigenvalue weighted by atomic mass is 16.7. The number of ether oxygens (including phenoxy) is 2. The van der Waals surface area contributed by atoms with Gasteiger partial charge in [0.2, 0.25) is 5.79 Å². The summed E-state index contributed by atoms with van der Waals surface area (Å²) < 4.78 is 13.2. The highest BCUT2D eigenvalue weighted by Crippen LogP contribution is 2.71. The van der Waals surface area contributed by atoms with Crippen LogP contribution in [0.25, 0.3) is 0 Å². The summed E-state index contributed by atoms with van der Waals surface area (Å²) in [4.78, 5) is 0. The van der Waals surface area contributed by atoms with Crippen molar-refractivity contribution in [3.8, 4) is 0 Å². The first-order chi connectivity index (χ1) is 14.3. The number of hydrogen-bond acceptors (Lipinski definition) is 3. The quantitative estimate of drug-likeness (QED) is 0.523. The molecule has 0 amide bonds. The van der Waals surface area contributed by atoms with Gasteiger partial charge in [-0.1, -0.05) is 20.8 Å². The monoisotopic (exact) mass is 414 g/mol. The number of allylic oxidation sites excluding steroid dienone is 1. The van der Waals surface area contributed by atoms with Gasteiger partial charge in [-0.05, 0) is 111 Å². The van der Waals surface area contributed by atoms with Gasteiger partial charge < -0.3 is 14.6 Å². The van der Waals surface area contributed by atoms with E-state index in [-0.39, 0.29) is 11.9 Å². The van der Waals surface area contributed by atoms with E-state index >= 15 is 0 Å². The molecule has 0 aromatic rings. The van der Waals surface area contributed by atoms with Crippen molar-refractivity contribution < 1.29 is 14.6 Å². The van der Waals surface area contributed by atoms with E-state index in [2.05, 4.69) is 27.7 Å². The maximum atomic E-state index is 10.3. The average molecular weight is 415 g/mol. The zero-order valence-corrected chi connectivity index (χ0v) is 19.5. The van der Waals surface area contributed by atoms with Crippen molar-refractivity contribution in [3.63, 3.8) is 0 Å². The Morgan fingerprint density at radius 2 is 1.77 bits per heavy atom. The molecule has 0 aromatic carbocycles. The predicted molar refractivity (Wildman–Crippen MR) is 117 cm³/mol. The van der Waals surface area contributed by atoms with Gasteiger partial charge in [0.15, 0.2) is 0 Å². The first-order valence-electron chi connectivity index (χ1n) is 13.0. The molecule has 1 N–H and O–H groups in total. The summed E-state index contributed by atoms with van der Waals surface area (Å²) in [5, 5.41) is 10.3. The number of hydrogen-bond donors (Lipinski definition) is 1. The molecule has 0 radical (unpaired) electrons. The molecule has 6 rings (SSSR count). The van der Waals surface area contributed by atoms with Gasteiger partial charge >= 0.3 is 0 Å². The van der Waals surface area contributed by atoms with Crippen LogP contribution in [0.4, 0.5) is 0 Å². The molecule has 30 heavy (non-hydrogen) atoms. The summed E-state index contributed by atoms with van der Waals surface area (Å²) in [6.07, 6.45) is 14.5. The van der Waals surface area contributed by atoms with Crippen LogP contribution in [0.1, 0.15) is 91.9 Å².